The molecule has 6 heteroatoms. The second-order valence-corrected chi connectivity index (χ2v) is 15.2. The van der Waals surface area contributed by atoms with Gasteiger partial charge in [0.2, 0.25) is 0 Å². The Labute approximate surface area is 275 Å². The highest BCUT2D eigenvalue weighted by atomic mass is 16.5. The Kier molecular flexibility index (Phi) is 18.1. The fourth-order valence-electron chi connectivity index (χ4n) is 6.28. The SMILES string of the molecule is CC(CC(CC(C)NCC(O)COc1ccccc1)C(C)(C)C)CC(C)(C)CCCCCCNCC(O)COc1ccccc1. The minimum Gasteiger partial charge on any atom is -0.491 e. The number of para-hydroxylation sites is 2. The lowest BCUT2D eigenvalue weighted by Crippen LogP contribution is -2.39. The van der Waals surface area contributed by atoms with Gasteiger partial charge >= 0.3 is 0 Å². The zero-order valence-corrected chi connectivity index (χ0v) is 29.6. The predicted octanol–water partition coefficient (Wildman–Crippen LogP) is 7.88. The molecule has 0 spiro atoms. The molecule has 2 rings (SSSR count). The number of hydrogen-bond acceptors (Lipinski definition) is 6. The maximum Gasteiger partial charge on any atom is 0.119 e. The van der Waals surface area contributed by atoms with Crippen molar-refractivity contribution < 1.29 is 19.7 Å². The fourth-order valence-corrected chi connectivity index (χ4v) is 6.28. The van der Waals surface area contributed by atoms with E-state index >= 15 is 0 Å². The number of ether oxygens (including phenoxy) is 2. The number of nitrogens with one attached hydrogen (secondary N) is 2. The van der Waals surface area contributed by atoms with Gasteiger partial charge < -0.3 is 30.3 Å². The first-order valence-electron chi connectivity index (χ1n) is 17.5. The molecule has 5 unspecified atom stereocenters. The van der Waals surface area contributed by atoms with E-state index in [4.69, 9.17) is 9.47 Å². The van der Waals surface area contributed by atoms with Gasteiger partial charge in [0.15, 0.2) is 0 Å². The van der Waals surface area contributed by atoms with Crippen LogP contribution in [0.1, 0.15) is 99.8 Å². The van der Waals surface area contributed by atoms with Gasteiger partial charge in [-0.05, 0) is 92.5 Å². The van der Waals surface area contributed by atoms with E-state index in [0.717, 1.165) is 30.9 Å². The topological polar surface area (TPSA) is 83.0 Å². The third-order valence-corrected chi connectivity index (χ3v) is 8.86. The van der Waals surface area contributed by atoms with Crippen LogP contribution in [0.4, 0.5) is 0 Å². The zero-order chi connectivity index (χ0) is 33.1. The summed E-state index contributed by atoms with van der Waals surface area (Å²) in [5, 5.41) is 27.5. The number of aliphatic hydroxyl groups excluding tert-OH is 2. The molecule has 0 aliphatic carbocycles. The summed E-state index contributed by atoms with van der Waals surface area (Å²) in [6, 6.07) is 19.7. The van der Waals surface area contributed by atoms with Crippen molar-refractivity contribution in [2.24, 2.45) is 22.7 Å². The van der Waals surface area contributed by atoms with E-state index in [9.17, 15) is 10.2 Å². The van der Waals surface area contributed by atoms with E-state index in [0.29, 0.717) is 49.6 Å². The van der Waals surface area contributed by atoms with Gasteiger partial charge in [0, 0.05) is 19.1 Å². The van der Waals surface area contributed by atoms with E-state index < -0.39 is 12.2 Å². The first kappa shape index (κ1) is 39.1. The second-order valence-electron chi connectivity index (χ2n) is 15.2. The van der Waals surface area contributed by atoms with E-state index in [-0.39, 0.29) is 5.41 Å². The Bertz CT molecular complexity index is 995. The quantitative estimate of drug-likeness (QED) is 0.0888. The highest BCUT2D eigenvalue weighted by molar-refractivity contribution is 5.21. The van der Waals surface area contributed by atoms with E-state index in [1.54, 1.807) is 0 Å². The van der Waals surface area contributed by atoms with Crippen LogP contribution in [0.2, 0.25) is 0 Å². The number of unbranched alkanes of at least 4 members (excludes halogenated alkanes) is 3. The summed E-state index contributed by atoms with van der Waals surface area (Å²) in [5.41, 5.74) is 0.581. The molecule has 0 saturated carbocycles. The van der Waals surface area contributed by atoms with Crippen molar-refractivity contribution >= 4 is 0 Å². The van der Waals surface area contributed by atoms with Gasteiger partial charge in [0.25, 0.3) is 0 Å². The largest absolute Gasteiger partial charge is 0.491 e. The molecule has 0 aliphatic heterocycles. The lowest BCUT2D eigenvalue weighted by atomic mass is 9.70. The van der Waals surface area contributed by atoms with Gasteiger partial charge in [-0.25, -0.2) is 0 Å². The molecule has 0 aliphatic rings. The van der Waals surface area contributed by atoms with Crippen LogP contribution in [0.15, 0.2) is 60.7 Å². The summed E-state index contributed by atoms with van der Waals surface area (Å²) in [6.07, 6.45) is 8.71. The molecule has 5 atom stereocenters. The van der Waals surface area contributed by atoms with Gasteiger partial charge in [-0.3, -0.25) is 0 Å². The van der Waals surface area contributed by atoms with Gasteiger partial charge in [0.1, 0.15) is 36.9 Å². The smallest absolute Gasteiger partial charge is 0.119 e. The summed E-state index contributed by atoms with van der Waals surface area (Å²) in [4.78, 5) is 0. The van der Waals surface area contributed by atoms with Crippen LogP contribution in [0.3, 0.4) is 0 Å². The summed E-state index contributed by atoms with van der Waals surface area (Å²) in [7, 11) is 0. The molecule has 6 nitrogen and oxygen atoms in total. The molecule has 0 radical (unpaired) electrons. The van der Waals surface area contributed by atoms with Crippen molar-refractivity contribution in [1.29, 1.82) is 0 Å². The van der Waals surface area contributed by atoms with Crippen LogP contribution in [0, 0.1) is 22.7 Å². The summed E-state index contributed by atoms with van der Waals surface area (Å²) in [6.45, 7) is 19.3. The summed E-state index contributed by atoms with van der Waals surface area (Å²) < 4.78 is 11.3. The van der Waals surface area contributed by atoms with Crippen molar-refractivity contribution in [3.05, 3.63) is 60.7 Å². The van der Waals surface area contributed by atoms with Crippen molar-refractivity contribution in [3.63, 3.8) is 0 Å². The summed E-state index contributed by atoms with van der Waals surface area (Å²) in [5.74, 6) is 2.87. The molecule has 2 aromatic rings. The number of hydrogen-bond donors (Lipinski definition) is 4. The molecular formula is C39H66N2O4. The van der Waals surface area contributed by atoms with Crippen LogP contribution in [-0.4, -0.2) is 61.3 Å². The summed E-state index contributed by atoms with van der Waals surface area (Å²) >= 11 is 0. The Morgan fingerprint density at radius 1 is 0.689 bits per heavy atom. The van der Waals surface area contributed by atoms with Crippen LogP contribution in [0.5, 0.6) is 11.5 Å². The minimum atomic E-state index is -0.533. The average molecular weight is 627 g/mol. The molecule has 256 valence electrons. The van der Waals surface area contributed by atoms with Crippen molar-refractivity contribution in [2.75, 3.05) is 32.8 Å². The van der Waals surface area contributed by atoms with Crippen LogP contribution in [-0.2, 0) is 0 Å². The maximum atomic E-state index is 10.4. The van der Waals surface area contributed by atoms with Gasteiger partial charge in [-0.15, -0.1) is 0 Å². The third-order valence-electron chi connectivity index (χ3n) is 8.86. The van der Waals surface area contributed by atoms with E-state index in [1.807, 2.05) is 60.7 Å². The molecular weight excluding hydrogens is 560 g/mol. The van der Waals surface area contributed by atoms with Crippen LogP contribution >= 0.6 is 0 Å². The standard InChI is InChI=1S/C39H66N2O4/c1-31(24-33(38(3,4)5)25-32(2)41-28-35(43)30-45-37-20-14-11-15-21-37)26-39(6,7)22-16-8-9-17-23-40-27-34(42)29-44-36-18-12-10-13-19-36/h10-15,18-21,31-35,40-43H,8-9,16-17,22-30H2,1-7H3. The molecule has 45 heavy (non-hydrogen) atoms. The van der Waals surface area contributed by atoms with Crippen molar-refractivity contribution in [3.8, 4) is 11.5 Å². The second kappa shape index (κ2) is 20.9. The monoisotopic (exact) mass is 627 g/mol. The highest BCUT2D eigenvalue weighted by Gasteiger charge is 2.30. The van der Waals surface area contributed by atoms with E-state index in [1.165, 1.54) is 38.5 Å². The van der Waals surface area contributed by atoms with Crippen molar-refractivity contribution in [2.45, 2.75) is 118 Å². The average Bonchev–Trinajstić information content (AvgIpc) is 2.99. The first-order valence-corrected chi connectivity index (χ1v) is 17.5. The molecule has 0 amide bonds. The lowest BCUT2D eigenvalue weighted by molar-refractivity contribution is 0.0990. The Hall–Kier alpha value is -2.12. The van der Waals surface area contributed by atoms with Gasteiger partial charge in [-0.2, -0.15) is 0 Å². The molecule has 0 fully saturated rings. The lowest BCUT2D eigenvalue weighted by Gasteiger charge is -2.37. The number of rotatable bonds is 24. The Morgan fingerprint density at radius 2 is 1.22 bits per heavy atom. The molecule has 0 heterocycles. The molecule has 2 aromatic carbocycles. The normalized spacial score (nSPS) is 15.7. The Balaban J connectivity index is 1.59. The van der Waals surface area contributed by atoms with Gasteiger partial charge in [0.05, 0.1) is 0 Å². The predicted molar refractivity (Wildman–Crippen MR) is 189 cm³/mol. The van der Waals surface area contributed by atoms with E-state index in [2.05, 4.69) is 59.1 Å². The molecule has 0 bridgehead atoms. The van der Waals surface area contributed by atoms with Crippen LogP contribution in [0.25, 0.3) is 0 Å². The van der Waals surface area contributed by atoms with Crippen LogP contribution < -0.4 is 20.1 Å². The Morgan fingerprint density at radius 3 is 1.78 bits per heavy atom. The molecule has 0 saturated heterocycles. The number of aliphatic hydroxyl groups is 2. The molecule has 0 aromatic heterocycles. The van der Waals surface area contributed by atoms with Crippen molar-refractivity contribution in [1.82, 2.24) is 10.6 Å². The third kappa shape index (κ3) is 18.6. The fraction of sp³-hybridized carbons (Fsp3) is 0.692. The highest BCUT2D eigenvalue weighted by Crippen LogP contribution is 2.39. The maximum absolute atomic E-state index is 10.4. The minimum absolute atomic E-state index is 0.238. The first-order chi connectivity index (χ1) is 21.3. The van der Waals surface area contributed by atoms with Gasteiger partial charge in [-0.1, -0.05) is 97.2 Å². The molecule has 4 N–H and O–H groups in total. The number of benzene rings is 2. The zero-order valence-electron chi connectivity index (χ0n) is 29.6.